The molecule has 2 atom stereocenters. The van der Waals surface area contributed by atoms with Crippen LogP contribution < -0.4 is 0 Å². The maximum absolute atomic E-state index is 10.4. The van der Waals surface area contributed by atoms with E-state index in [2.05, 4.69) is 15.9 Å². The van der Waals surface area contributed by atoms with Crippen LogP contribution in [0.25, 0.3) is 0 Å². The molecule has 0 aromatic heterocycles. The van der Waals surface area contributed by atoms with Crippen molar-refractivity contribution >= 4 is 22.2 Å². The van der Waals surface area contributed by atoms with E-state index in [1.807, 2.05) is 18.2 Å². The highest BCUT2D eigenvalue weighted by atomic mass is 79.9. The Hall–Kier alpha value is -0.670. The van der Waals surface area contributed by atoms with Gasteiger partial charge in [0.25, 0.3) is 0 Å². The Morgan fingerprint density at radius 3 is 2.77 bits per heavy atom. The van der Waals surface area contributed by atoms with E-state index in [-0.39, 0.29) is 5.92 Å². The Kier molecular flexibility index (Phi) is 3.63. The third-order valence-corrected chi connectivity index (χ3v) is 2.40. The second kappa shape index (κ2) is 4.53. The fourth-order valence-electron chi connectivity index (χ4n) is 1.07. The second-order valence-electron chi connectivity index (χ2n) is 3.00. The van der Waals surface area contributed by atoms with Crippen LogP contribution in [0.2, 0.25) is 0 Å². The predicted octanol–water partition coefficient (Wildman–Crippen LogP) is 2.32. The van der Waals surface area contributed by atoms with Gasteiger partial charge >= 0.3 is 0 Å². The molecule has 0 radical (unpaired) electrons. The monoisotopic (exact) mass is 242 g/mol. The van der Waals surface area contributed by atoms with Crippen molar-refractivity contribution in [2.24, 2.45) is 5.92 Å². The van der Waals surface area contributed by atoms with Crippen molar-refractivity contribution in [3.63, 3.8) is 0 Å². The molecular formula is C10H11BrO2. The zero-order chi connectivity index (χ0) is 9.84. The van der Waals surface area contributed by atoms with Gasteiger partial charge in [-0.3, -0.25) is 0 Å². The lowest BCUT2D eigenvalue weighted by Gasteiger charge is -2.13. The molecule has 0 unspecified atom stereocenters. The number of aliphatic hydroxyl groups is 1. The van der Waals surface area contributed by atoms with E-state index < -0.39 is 6.10 Å². The molecule has 0 saturated carbocycles. The normalized spacial score (nSPS) is 15.0. The lowest BCUT2D eigenvalue weighted by Crippen LogP contribution is -2.09. The van der Waals surface area contributed by atoms with E-state index in [0.717, 1.165) is 16.3 Å². The zero-order valence-electron chi connectivity index (χ0n) is 7.27. The average Bonchev–Trinajstić information content (AvgIpc) is 2.15. The van der Waals surface area contributed by atoms with E-state index in [0.29, 0.717) is 0 Å². The first-order chi connectivity index (χ1) is 6.15. The minimum atomic E-state index is -0.713. The summed E-state index contributed by atoms with van der Waals surface area (Å²) < 4.78 is 0.905. The molecule has 1 aromatic carbocycles. The summed E-state index contributed by atoms with van der Waals surface area (Å²) in [6.45, 7) is 1.69. The molecule has 1 aromatic rings. The van der Waals surface area contributed by atoms with Gasteiger partial charge in [0.2, 0.25) is 0 Å². The van der Waals surface area contributed by atoms with Crippen LogP contribution in [0.1, 0.15) is 18.6 Å². The first-order valence-electron chi connectivity index (χ1n) is 4.04. The standard InChI is InChI=1S/C10H11BrO2/c1-7(6-12)10(13)8-3-2-4-9(11)5-8/h2-7,10,13H,1H3/t7-,10+/m1/s1. The summed E-state index contributed by atoms with van der Waals surface area (Å²) in [5.41, 5.74) is 0.758. The molecule has 0 fully saturated rings. The predicted molar refractivity (Wildman–Crippen MR) is 54.3 cm³/mol. The maximum atomic E-state index is 10.4. The van der Waals surface area contributed by atoms with Gasteiger partial charge in [0.05, 0.1) is 6.10 Å². The largest absolute Gasteiger partial charge is 0.388 e. The van der Waals surface area contributed by atoms with E-state index in [9.17, 15) is 9.90 Å². The van der Waals surface area contributed by atoms with Crippen molar-refractivity contribution in [3.05, 3.63) is 34.3 Å². The smallest absolute Gasteiger partial charge is 0.125 e. The molecular weight excluding hydrogens is 232 g/mol. The lowest BCUT2D eigenvalue weighted by molar-refractivity contribution is -0.113. The Labute approximate surface area is 85.7 Å². The third-order valence-electron chi connectivity index (χ3n) is 1.90. The molecule has 0 heterocycles. The van der Waals surface area contributed by atoms with Crippen molar-refractivity contribution in [2.45, 2.75) is 13.0 Å². The van der Waals surface area contributed by atoms with Gasteiger partial charge in [0.1, 0.15) is 6.29 Å². The van der Waals surface area contributed by atoms with Crippen LogP contribution >= 0.6 is 15.9 Å². The van der Waals surface area contributed by atoms with Gasteiger partial charge in [0.15, 0.2) is 0 Å². The Bertz CT molecular complexity index is 299. The van der Waals surface area contributed by atoms with Gasteiger partial charge in [0, 0.05) is 10.4 Å². The van der Waals surface area contributed by atoms with E-state index in [1.165, 1.54) is 0 Å². The summed E-state index contributed by atoms with van der Waals surface area (Å²) in [6, 6.07) is 7.32. The van der Waals surface area contributed by atoms with E-state index in [1.54, 1.807) is 13.0 Å². The molecule has 1 rings (SSSR count). The number of benzene rings is 1. The fraction of sp³-hybridized carbons (Fsp3) is 0.300. The fourth-order valence-corrected chi connectivity index (χ4v) is 1.49. The Morgan fingerprint density at radius 2 is 2.23 bits per heavy atom. The maximum Gasteiger partial charge on any atom is 0.125 e. The van der Waals surface area contributed by atoms with Crippen LogP contribution in [-0.4, -0.2) is 11.4 Å². The third kappa shape index (κ3) is 2.64. The molecule has 1 N–H and O–H groups in total. The summed E-state index contributed by atoms with van der Waals surface area (Å²) in [5.74, 6) is -0.366. The summed E-state index contributed by atoms with van der Waals surface area (Å²) in [6.07, 6.45) is 0.0426. The van der Waals surface area contributed by atoms with Gasteiger partial charge < -0.3 is 9.90 Å². The van der Waals surface area contributed by atoms with Crippen molar-refractivity contribution in [1.29, 1.82) is 0 Å². The Morgan fingerprint density at radius 1 is 1.54 bits per heavy atom. The molecule has 0 bridgehead atoms. The van der Waals surface area contributed by atoms with Crippen LogP contribution in [0.15, 0.2) is 28.7 Å². The number of hydrogen-bond donors (Lipinski definition) is 1. The zero-order valence-corrected chi connectivity index (χ0v) is 8.86. The first kappa shape index (κ1) is 10.4. The van der Waals surface area contributed by atoms with Crippen molar-refractivity contribution in [2.75, 3.05) is 0 Å². The van der Waals surface area contributed by atoms with Gasteiger partial charge in [-0.15, -0.1) is 0 Å². The van der Waals surface area contributed by atoms with Gasteiger partial charge in [-0.1, -0.05) is 35.0 Å². The summed E-state index contributed by atoms with van der Waals surface area (Å²) in [5, 5.41) is 9.66. The minimum absolute atomic E-state index is 0.366. The SMILES string of the molecule is C[C@H](C=O)[C@H](O)c1cccc(Br)c1. The van der Waals surface area contributed by atoms with Crippen LogP contribution in [0, 0.1) is 5.92 Å². The molecule has 0 aliphatic heterocycles. The number of hydrogen-bond acceptors (Lipinski definition) is 2. The first-order valence-corrected chi connectivity index (χ1v) is 4.83. The summed E-state index contributed by atoms with van der Waals surface area (Å²) in [4.78, 5) is 10.4. The van der Waals surface area contributed by atoms with Crippen LogP contribution in [0.5, 0.6) is 0 Å². The molecule has 3 heteroatoms. The number of halogens is 1. The highest BCUT2D eigenvalue weighted by Crippen LogP contribution is 2.22. The highest BCUT2D eigenvalue weighted by Gasteiger charge is 2.15. The molecule has 13 heavy (non-hydrogen) atoms. The quantitative estimate of drug-likeness (QED) is 0.827. The van der Waals surface area contributed by atoms with Crippen LogP contribution in [0.3, 0.4) is 0 Å². The molecule has 2 nitrogen and oxygen atoms in total. The minimum Gasteiger partial charge on any atom is -0.388 e. The van der Waals surface area contributed by atoms with Crippen LogP contribution in [-0.2, 0) is 4.79 Å². The molecule has 0 spiro atoms. The summed E-state index contributed by atoms with van der Waals surface area (Å²) in [7, 11) is 0. The second-order valence-corrected chi connectivity index (χ2v) is 3.91. The van der Waals surface area contributed by atoms with E-state index >= 15 is 0 Å². The van der Waals surface area contributed by atoms with Crippen molar-refractivity contribution in [1.82, 2.24) is 0 Å². The van der Waals surface area contributed by atoms with Crippen molar-refractivity contribution in [3.8, 4) is 0 Å². The molecule has 0 saturated heterocycles. The molecule has 0 aliphatic carbocycles. The van der Waals surface area contributed by atoms with Crippen molar-refractivity contribution < 1.29 is 9.90 Å². The molecule has 0 aliphatic rings. The number of carbonyl (C=O) groups is 1. The van der Waals surface area contributed by atoms with E-state index in [4.69, 9.17) is 0 Å². The average molecular weight is 243 g/mol. The van der Waals surface area contributed by atoms with Gasteiger partial charge in [-0.05, 0) is 17.7 Å². The molecule has 70 valence electrons. The van der Waals surface area contributed by atoms with Crippen LogP contribution in [0.4, 0.5) is 0 Å². The number of rotatable bonds is 3. The number of aliphatic hydroxyl groups excluding tert-OH is 1. The van der Waals surface area contributed by atoms with Gasteiger partial charge in [-0.2, -0.15) is 0 Å². The lowest BCUT2D eigenvalue weighted by atomic mass is 9.99. The van der Waals surface area contributed by atoms with Gasteiger partial charge in [-0.25, -0.2) is 0 Å². The highest BCUT2D eigenvalue weighted by molar-refractivity contribution is 9.10. The molecule has 0 amide bonds. The topological polar surface area (TPSA) is 37.3 Å². The number of aldehydes is 1. The Balaban J connectivity index is 2.88. The number of carbonyl (C=O) groups excluding carboxylic acids is 1. The summed E-state index contributed by atoms with van der Waals surface area (Å²) >= 11 is 3.30.